The highest BCUT2D eigenvalue weighted by Gasteiger charge is 2.31. The molecule has 0 N–H and O–H groups in total. The third-order valence-electron chi connectivity index (χ3n) is 3.38. The number of halogens is 1. The summed E-state index contributed by atoms with van der Waals surface area (Å²) in [5.41, 5.74) is 1.53. The van der Waals surface area contributed by atoms with Crippen LogP contribution in [0.4, 0.5) is 11.4 Å². The van der Waals surface area contributed by atoms with Gasteiger partial charge in [-0.15, -0.1) is 0 Å². The van der Waals surface area contributed by atoms with Crippen LogP contribution in [0.25, 0.3) is 0 Å². The molecule has 2 heterocycles. The van der Waals surface area contributed by atoms with E-state index >= 15 is 0 Å². The van der Waals surface area contributed by atoms with Gasteiger partial charge in [0.25, 0.3) is 10.0 Å². The maximum atomic E-state index is 12.8. The molecule has 0 radical (unpaired) electrons. The number of hydrogen-bond donors (Lipinski definition) is 0. The number of hydrogen-bond acceptors (Lipinski definition) is 5. The minimum atomic E-state index is -3.69. The molecule has 1 aliphatic rings. The lowest BCUT2D eigenvalue weighted by molar-refractivity contribution is 0.588. The van der Waals surface area contributed by atoms with E-state index in [-0.39, 0.29) is 10.2 Å². The summed E-state index contributed by atoms with van der Waals surface area (Å²) in [6, 6.07) is 7.39. The normalized spacial score (nSPS) is 15.0. The van der Waals surface area contributed by atoms with E-state index in [1.807, 2.05) is 30.1 Å². The van der Waals surface area contributed by atoms with Crippen molar-refractivity contribution in [1.29, 1.82) is 0 Å². The van der Waals surface area contributed by atoms with Crippen molar-refractivity contribution in [1.82, 2.24) is 9.97 Å². The van der Waals surface area contributed by atoms with Crippen LogP contribution in [0, 0.1) is 0 Å². The van der Waals surface area contributed by atoms with Crippen molar-refractivity contribution < 1.29 is 8.42 Å². The summed E-state index contributed by atoms with van der Waals surface area (Å²) in [5, 5.41) is 0.0210. The fraction of sp³-hybridized carbons (Fsp3) is 0.231. The molecule has 0 bridgehead atoms. The van der Waals surface area contributed by atoms with Gasteiger partial charge in [0.05, 0.1) is 30.3 Å². The first-order chi connectivity index (χ1) is 10.00. The van der Waals surface area contributed by atoms with Gasteiger partial charge in [-0.2, -0.15) is 0 Å². The second kappa shape index (κ2) is 5.16. The maximum absolute atomic E-state index is 12.8. The van der Waals surface area contributed by atoms with Crippen LogP contribution in [-0.2, 0) is 10.0 Å². The zero-order valence-electron chi connectivity index (χ0n) is 11.3. The molecular formula is C13H13ClN4O2S. The summed E-state index contributed by atoms with van der Waals surface area (Å²) in [5.74, 6) is 0. The quantitative estimate of drug-likeness (QED) is 0.788. The number of fused-ring (bicyclic) bond motifs is 1. The van der Waals surface area contributed by atoms with Crippen LogP contribution in [0.1, 0.15) is 0 Å². The second-order valence-corrected chi connectivity index (χ2v) is 6.88. The molecule has 0 fully saturated rings. The first-order valence-corrected chi connectivity index (χ1v) is 8.12. The molecule has 8 heteroatoms. The van der Waals surface area contributed by atoms with E-state index in [1.54, 1.807) is 6.07 Å². The zero-order valence-corrected chi connectivity index (χ0v) is 12.8. The van der Waals surface area contributed by atoms with Crippen molar-refractivity contribution in [3.63, 3.8) is 0 Å². The van der Waals surface area contributed by atoms with Crippen LogP contribution in [0.5, 0.6) is 0 Å². The lowest BCUT2D eigenvalue weighted by atomic mass is 10.2. The third kappa shape index (κ3) is 2.43. The number of benzene rings is 1. The van der Waals surface area contributed by atoms with Gasteiger partial charge in [0, 0.05) is 13.6 Å². The largest absolute Gasteiger partial charge is 0.371 e. The Balaban J connectivity index is 2.08. The number of rotatable bonds is 2. The van der Waals surface area contributed by atoms with E-state index in [2.05, 4.69) is 9.97 Å². The summed E-state index contributed by atoms with van der Waals surface area (Å²) < 4.78 is 26.9. The first-order valence-electron chi connectivity index (χ1n) is 6.30. The highest BCUT2D eigenvalue weighted by Crippen LogP contribution is 2.35. The molecule has 3 rings (SSSR count). The minimum Gasteiger partial charge on any atom is -0.371 e. The standard InChI is InChI=1S/C13H13ClN4O2S/c1-17-6-7-18(12-5-3-2-4-11(12)17)21(19,20)10-8-15-13(14)16-9-10/h2-5,8-9H,6-7H2,1H3. The number of sulfonamides is 1. The van der Waals surface area contributed by atoms with Crippen molar-refractivity contribution in [2.24, 2.45) is 0 Å². The Labute approximate surface area is 128 Å². The van der Waals surface area contributed by atoms with E-state index in [0.717, 1.165) is 5.69 Å². The van der Waals surface area contributed by atoms with Gasteiger partial charge in [-0.25, -0.2) is 18.4 Å². The van der Waals surface area contributed by atoms with Gasteiger partial charge in [-0.05, 0) is 23.7 Å². The Morgan fingerprint density at radius 2 is 1.71 bits per heavy atom. The van der Waals surface area contributed by atoms with E-state index < -0.39 is 10.0 Å². The van der Waals surface area contributed by atoms with Gasteiger partial charge in [0.2, 0.25) is 5.28 Å². The van der Waals surface area contributed by atoms with Crippen LogP contribution in [-0.4, -0.2) is 38.5 Å². The lowest BCUT2D eigenvalue weighted by Gasteiger charge is -2.35. The van der Waals surface area contributed by atoms with Gasteiger partial charge in [0.1, 0.15) is 4.90 Å². The van der Waals surface area contributed by atoms with Crippen molar-refractivity contribution in [3.05, 3.63) is 41.9 Å². The average molecular weight is 325 g/mol. The monoisotopic (exact) mass is 324 g/mol. The maximum Gasteiger partial charge on any atom is 0.267 e. The molecule has 6 nitrogen and oxygen atoms in total. The molecule has 1 aromatic heterocycles. The number of nitrogens with zero attached hydrogens (tertiary/aromatic N) is 4. The Kier molecular flexibility index (Phi) is 3.46. The van der Waals surface area contributed by atoms with Gasteiger partial charge in [-0.3, -0.25) is 4.31 Å². The average Bonchev–Trinajstić information content (AvgIpc) is 2.48. The molecule has 0 aliphatic carbocycles. The van der Waals surface area contributed by atoms with Crippen molar-refractivity contribution in [3.8, 4) is 0 Å². The molecule has 2 aromatic rings. The fourth-order valence-electron chi connectivity index (χ4n) is 2.29. The number of likely N-dealkylation sites (N-methyl/N-ethyl adjacent to an activating group) is 1. The summed E-state index contributed by atoms with van der Waals surface area (Å²) in [7, 11) is -1.75. The molecule has 0 saturated carbocycles. The smallest absolute Gasteiger partial charge is 0.267 e. The summed E-state index contributed by atoms with van der Waals surface area (Å²) in [4.78, 5) is 9.56. The van der Waals surface area contributed by atoms with E-state index in [9.17, 15) is 8.42 Å². The predicted octanol–water partition coefficient (Wildman–Crippen LogP) is 1.78. The fourth-order valence-corrected chi connectivity index (χ4v) is 3.75. The second-order valence-electron chi connectivity index (χ2n) is 4.68. The van der Waals surface area contributed by atoms with Crippen LogP contribution >= 0.6 is 11.6 Å². The Morgan fingerprint density at radius 3 is 2.38 bits per heavy atom. The minimum absolute atomic E-state index is 0.0210. The number of aromatic nitrogens is 2. The molecule has 0 unspecified atom stereocenters. The van der Waals surface area contributed by atoms with Crippen LogP contribution < -0.4 is 9.21 Å². The molecule has 1 aliphatic heterocycles. The number of para-hydroxylation sites is 2. The van der Waals surface area contributed by atoms with Crippen molar-refractivity contribution in [2.75, 3.05) is 29.3 Å². The topological polar surface area (TPSA) is 66.4 Å². The SMILES string of the molecule is CN1CCN(S(=O)(=O)c2cnc(Cl)nc2)c2ccccc21. The molecule has 0 amide bonds. The van der Waals surface area contributed by atoms with Crippen LogP contribution in [0.2, 0.25) is 5.28 Å². The van der Waals surface area contributed by atoms with E-state index in [4.69, 9.17) is 11.6 Å². The highest BCUT2D eigenvalue weighted by atomic mass is 35.5. The van der Waals surface area contributed by atoms with Crippen LogP contribution in [0.3, 0.4) is 0 Å². The molecule has 0 saturated heterocycles. The van der Waals surface area contributed by atoms with Gasteiger partial charge >= 0.3 is 0 Å². The first kappa shape index (κ1) is 14.1. The molecule has 0 spiro atoms. The van der Waals surface area contributed by atoms with Crippen LogP contribution in [0.15, 0.2) is 41.6 Å². The molecule has 0 atom stereocenters. The lowest BCUT2D eigenvalue weighted by Crippen LogP contribution is -2.42. The van der Waals surface area contributed by atoms with Gasteiger partial charge in [0.15, 0.2) is 0 Å². The Hall–Kier alpha value is -1.86. The summed E-state index contributed by atoms with van der Waals surface area (Å²) in [6.45, 7) is 0.989. The number of anilines is 2. The Morgan fingerprint density at radius 1 is 1.10 bits per heavy atom. The summed E-state index contributed by atoms with van der Waals surface area (Å²) >= 11 is 5.61. The zero-order chi connectivity index (χ0) is 15.0. The molecule has 21 heavy (non-hydrogen) atoms. The molecule has 1 aromatic carbocycles. The summed E-state index contributed by atoms with van der Waals surface area (Å²) in [6.07, 6.45) is 2.46. The predicted molar refractivity (Wildman–Crippen MR) is 81.3 cm³/mol. The molecular weight excluding hydrogens is 312 g/mol. The van der Waals surface area contributed by atoms with E-state index in [1.165, 1.54) is 16.7 Å². The van der Waals surface area contributed by atoms with Crippen molar-refractivity contribution in [2.45, 2.75) is 4.90 Å². The third-order valence-corrected chi connectivity index (χ3v) is 5.35. The van der Waals surface area contributed by atoms with Crippen molar-refractivity contribution >= 4 is 33.0 Å². The van der Waals surface area contributed by atoms with E-state index in [0.29, 0.717) is 18.8 Å². The van der Waals surface area contributed by atoms with Gasteiger partial charge < -0.3 is 4.90 Å². The van der Waals surface area contributed by atoms with Gasteiger partial charge in [-0.1, -0.05) is 12.1 Å². The highest BCUT2D eigenvalue weighted by molar-refractivity contribution is 7.92. The Bertz CT molecular complexity index is 764. The molecule has 110 valence electrons.